The lowest BCUT2D eigenvalue weighted by Gasteiger charge is -2.44. The van der Waals surface area contributed by atoms with E-state index in [1.54, 1.807) is 0 Å². The zero-order valence-corrected chi connectivity index (χ0v) is 20.6. The largest absolute Gasteiger partial charge is 0.491 e. The van der Waals surface area contributed by atoms with Crippen LogP contribution in [-0.4, -0.2) is 79.4 Å². The number of nitrogens with zero attached hydrogens (tertiary/aromatic N) is 3. The van der Waals surface area contributed by atoms with E-state index in [9.17, 15) is 9.59 Å². The van der Waals surface area contributed by atoms with Crippen molar-refractivity contribution in [3.63, 3.8) is 0 Å². The maximum atomic E-state index is 13.8. The average Bonchev–Trinajstić information content (AvgIpc) is 2.84. The second kappa shape index (κ2) is 10.9. The first-order chi connectivity index (χ1) is 16.0. The Bertz CT molecular complexity index is 811. The van der Waals surface area contributed by atoms with Crippen LogP contribution in [0, 0.1) is 11.3 Å². The van der Waals surface area contributed by atoms with Crippen molar-refractivity contribution in [1.82, 2.24) is 14.7 Å². The van der Waals surface area contributed by atoms with Crippen molar-refractivity contribution < 1.29 is 14.3 Å². The Hall–Kier alpha value is -2.08. The van der Waals surface area contributed by atoms with Gasteiger partial charge in [-0.3, -0.25) is 9.59 Å². The van der Waals surface area contributed by atoms with Crippen LogP contribution in [-0.2, 0) is 16.0 Å². The van der Waals surface area contributed by atoms with Crippen molar-refractivity contribution in [3.05, 3.63) is 29.8 Å². The number of hydrogen-bond acceptors (Lipinski definition) is 4. The fourth-order valence-electron chi connectivity index (χ4n) is 5.87. The van der Waals surface area contributed by atoms with Crippen LogP contribution < -0.4 is 4.74 Å². The lowest BCUT2D eigenvalue weighted by molar-refractivity contribution is -0.151. The number of amides is 2. The van der Waals surface area contributed by atoms with Gasteiger partial charge >= 0.3 is 0 Å². The Labute approximate surface area is 199 Å². The number of fused-ring (bicyclic) bond motifs is 1. The minimum atomic E-state index is -0.335. The zero-order chi connectivity index (χ0) is 23.3. The number of piperidine rings is 2. The van der Waals surface area contributed by atoms with Crippen LogP contribution in [0.1, 0.15) is 57.4 Å². The van der Waals surface area contributed by atoms with Gasteiger partial charge in [0.1, 0.15) is 12.4 Å². The lowest BCUT2D eigenvalue weighted by Crippen LogP contribution is -2.53. The van der Waals surface area contributed by atoms with Gasteiger partial charge in [0.2, 0.25) is 11.8 Å². The standard InChI is InChI=1S/C27H41N3O3/c1-3-29-20-21-33-24-10-5-4-8-22(24)9-6-7-13-27(26(29)32)14-18-30(19-15-27)25(31)23-11-16-28(2)17-12-23/h4-5,8,10,23H,3,6-7,9,11-21H2,1-2H3. The number of carbonyl (C=O) groups excluding carboxylic acids is 2. The third kappa shape index (κ3) is 5.53. The van der Waals surface area contributed by atoms with Gasteiger partial charge in [-0.1, -0.05) is 24.6 Å². The van der Waals surface area contributed by atoms with Crippen molar-refractivity contribution >= 4 is 11.8 Å². The summed E-state index contributed by atoms with van der Waals surface area (Å²) in [7, 11) is 2.13. The van der Waals surface area contributed by atoms with Crippen molar-refractivity contribution in [3.8, 4) is 5.75 Å². The van der Waals surface area contributed by atoms with Gasteiger partial charge in [-0.05, 0) is 83.6 Å². The monoisotopic (exact) mass is 455 g/mol. The first kappa shape index (κ1) is 24.1. The molecule has 3 aliphatic heterocycles. The molecule has 0 aromatic heterocycles. The van der Waals surface area contributed by atoms with Gasteiger partial charge in [-0.25, -0.2) is 0 Å². The first-order valence-electron chi connectivity index (χ1n) is 13.0. The molecule has 0 N–H and O–H groups in total. The van der Waals surface area contributed by atoms with Crippen LogP contribution >= 0.6 is 0 Å². The minimum Gasteiger partial charge on any atom is -0.491 e. The van der Waals surface area contributed by atoms with Crippen molar-refractivity contribution in [2.45, 2.75) is 58.3 Å². The third-order valence-electron chi connectivity index (χ3n) is 8.17. The molecule has 0 radical (unpaired) electrons. The number of ether oxygens (including phenoxy) is 1. The maximum Gasteiger partial charge on any atom is 0.229 e. The van der Waals surface area contributed by atoms with Crippen molar-refractivity contribution in [2.24, 2.45) is 11.3 Å². The second-order valence-corrected chi connectivity index (χ2v) is 10.2. The van der Waals surface area contributed by atoms with E-state index in [0.29, 0.717) is 38.7 Å². The number of para-hydroxylation sites is 1. The third-order valence-corrected chi connectivity index (χ3v) is 8.17. The molecule has 3 aliphatic rings. The Kier molecular flexibility index (Phi) is 7.94. The minimum absolute atomic E-state index is 0.159. The van der Waals surface area contributed by atoms with E-state index in [-0.39, 0.29) is 17.2 Å². The van der Waals surface area contributed by atoms with Crippen LogP contribution in [0.2, 0.25) is 0 Å². The molecule has 6 heteroatoms. The van der Waals surface area contributed by atoms with Gasteiger partial charge in [0.05, 0.1) is 12.0 Å². The summed E-state index contributed by atoms with van der Waals surface area (Å²) >= 11 is 0. The van der Waals surface area contributed by atoms with Crippen LogP contribution in [0.5, 0.6) is 5.75 Å². The van der Waals surface area contributed by atoms with Gasteiger partial charge in [-0.15, -0.1) is 0 Å². The highest BCUT2D eigenvalue weighted by Gasteiger charge is 2.44. The molecule has 1 spiro atoms. The Balaban J connectivity index is 1.43. The molecule has 2 fully saturated rings. The topological polar surface area (TPSA) is 53.1 Å². The SMILES string of the molecule is CCN1CCOc2ccccc2CCCCC2(CCN(C(=O)C3CCN(C)CC3)CC2)C1=O. The molecule has 0 bridgehead atoms. The number of hydrogen-bond donors (Lipinski definition) is 0. The fourth-order valence-corrected chi connectivity index (χ4v) is 5.87. The molecule has 1 aromatic rings. The summed E-state index contributed by atoms with van der Waals surface area (Å²) in [5, 5.41) is 0. The molecule has 2 amide bonds. The first-order valence-corrected chi connectivity index (χ1v) is 13.0. The highest BCUT2D eigenvalue weighted by atomic mass is 16.5. The van der Waals surface area contributed by atoms with E-state index >= 15 is 0 Å². The summed E-state index contributed by atoms with van der Waals surface area (Å²) in [6.45, 7) is 7.33. The van der Waals surface area contributed by atoms with Crippen LogP contribution in [0.15, 0.2) is 24.3 Å². The fraction of sp³-hybridized carbons (Fsp3) is 0.704. The van der Waals surface area contributed by atoms with Gasteiger partial charge in [0, 0.05) is 25.6 Å². The van der Waals surface area contributed by atoms with E-state index in [1.165, 1.54) is 5.56 Å². The molecule has 0 unspecified atom stereocenters. The van der Waals surface area contributed by atoms with Crippen LogP contribution in [0.25, 0.3) is 0 Å². The van der Waals surface area contributed by atoms with Crippen molar-refractivity contribution in [1.29, 1.82) is 0 Å². The van der Waals surface area contributed by atoms with Crippen LogP contribution in [0.4, 0.5) is 0 Å². The summed E-state index contributed by atoms with van der Waals surface area (Å²) in [6.07, 6.45) is 7.48. The van der Waals surface area contributed by atoms with Crippen molar-refractivity contribution in [2.75, 3.05) is 52.9 Å². The smallest absolute Gasteiger partial charge is 0.229 e. The number of benzene rings is 1. The molecule has 0 aliphatic carbocycles. The molecule has 0 atom stereocenters. The normalized spacial score (nSPS) is 23.4. The van der Waals surface area contributed by atoms with Crippen LogP contribution in [0.3, 0.4) is 0 Å². The van der Waals surface area contributed by atoms with Gasteiger partial charge in [0.15, 0.2) is 0 Å². The van der Waals surface area contributed by atoms with Gasteiger partial charge in [-0.2, -0.15) is 0 Å². The number of likely N-dealkylation sites (tertiary alicyclic amines) is 2. The van der Waals surface area contributed by atoms with E-state index in [2.05, 4.69) is 35.9 Å². The molecular formula is C27H41N3O3. The van der Waals surface area contributed by atoms with E-state index in [1.807, 2.05) is 17.0 Å². The zero-order valence-electron chi connectivity index (χ0n) is 20.6. The average molecular weight is 456 g/mol. The predicted molar refractivity (Wildman–Crippen MR) is 130 cm³/mol. The highest BCUT2D eigenvalue weighted by Crippen LogP contribution is 2.40. The summed E-state index contributed by atoms with van der Waals surface area (Å²) < 4.78 is 6.09. The van der Waals surface area contributed by atoms with Gasteiger partial charge < -0.3 is 19.4 Å². The Morgan fingerprint density at radius 1 is 1.03 bits per heavy atom. The molecular weight excluding hydrogens is 414 g/mol. The molecule has 0 saturated carbocycles. The molecule has 33 heavy (non-hydrogen) atoms. The number of carbonyl (C=O) groups is 2. The number of likely N-dealkylation sites (N-methyl/N-ethyl adjacent to an activating group) is 1. The summed E-state index contributed by atoms with van der Waals surface area (Å²) in [5.41, 5.74) is 0.929. The molecule has 6 nitrogen and oxygen atoms in total. The Morgan fingerprint density at radius 3 is 2.48 bits per heavy atom. The van der Waals surface area contributed by atoms with E-state index in [4.69, 9.17) is 4.74 Å². The highest BCUT2D eigenvalue weighted by molar-refractivity contribution is 5.84. The maximum absolute atomic E-state index is 13.8. The molecule has 182 valence electrons. The number of aryl methyl sites for hydroxylation is 1. The number of rotatable bonds is 2. The molecule has 3 heterocycles. The lowest BCUT2D eigenvalue weighted by atomic mass is 9.72. The molecule has 2 saturated heterocycles. The molecule has 1 aromatic carbocycles. The summed E-state index contributed by atoms with van der Waals surface area (Å²) in [4.78, 5) is 33.3. The van der Waals surface area contributed by atoms with E-state index in [0.717, 1.165) is 70.2 Å². The van der Waals surface area contributed by atoms with E-state index < -0.39 is 0 Å². The molecule has 4 rings (SSSR count). The summed E-state index contributed by atoms with van der Waals surface area (Å²) in [6, 6.07) is 8.29. The van der Waals surface area contributed by atoms with Gasteiger partial charge in [0.25, 0.3) is 0 Å². The summed E-state index contributed by atoms with van der Waals surface area (Å²) in [5.74, 6) is 1.70. The Morgan fingerprint density at radius 2 is 1.76 bits per heavy atom. The quantitative estimate of drug-likeness (QED) is 0.684. The second-order valence-electron chi connectivity index (χ2n) is 10.2. The predicted octanol–water partition coefficient (Wildman–Crippen LogP) is 3.59.